The van der Waals surface area contributed by atoms with Crippen LogP contribution in [-0.4, -0.2) is 20.2 Å². The Labute approximate surface area is 74.0 Å². The average molecular weight is 191 g/mol. The van der Waals surface area contributed by atoms with E-state index in [0.29, 0.717) is 0 Å². The number of halogens is 1. The van der Waals surface area contributed by atoms with Crippen molar-refractivity contribution in [3.05, 3.63) is 11.4 Å². The molecule has 4 heteroatoms. The standard InChI is InChI=1S/C7H15ClN2Si/c1-11(2,3)6-4-9-7(8)10-5-6/h4,7,9-10H,5H2,1-3H3. The first-order chi connectivity index (χ1) is 5.00. The first kappa shape index (κ1) is 9.10. The lowest BCUT2D eigenvalue weighted by Crippen LogP contribution is -2.45. The summed E-state index contributed by atoms with van der Waals surface area (Å²) in [6.45, 7) is 7.93. The Morgan fingerprint density at radius 1 is 1.55 bits per heavy atom. The van der Waals surface area contributed by atoms with Crippen molar-refractivity contribution in [1.29, 1.82) is 0 Å². The average Bonchev–Trinajstić information content (AvgIpc) is 1.86. The Kier molecular flexibility index (Phi) is 2.62. The van der Waals surface area contributed by atoms with Crippen molar-refractivity contribution in [2.75, 3.05) is 6.54 Å². The molecule has 1 aliphatic heterocycles. The van der Waals surface area contributed by atoms with Gasteiger partial charge in [-0.2, -0.15) is 0 Å². The van der Waals surface area contributed by atoms with Crippen LogP contribution < -0.4 is 10.6 Å². The normalized spacial score (nSPS) is 25.8. The van der Waals surface area contributed by atoms with Crippen LogP contribution in [0.3, 0.4) is 0 Å². The summed E-state index contributed by atoms with van der Waals surface area (Å²) in [7, 11) is -1.11. The van der Waals surface area contributed by atoms with Gasteiger partial charge in [-0.25, -0.2) is 0 Å². The summed E-state index contributed by atoms with van der Waals surface area (Å²) in [5, 5.41) is 7.72. The van der Waals surface area contributed by atoms with Gasteiger partial charge in [0.05, 0.1) is 8.07 Å². The highest BCUT2D eigenvalue weighted by atomic mass is 35.5. The fraction of sp³-hybridized carbons (Fsp3) is 0.714. The molecule has 2 nitrogen and oxygen atoms in total. The molecule has 0 saturated carbocycles. The monoisotopic (exact) mass is 190 g/mol. The summed E-state index contributed by atoms with van der Waals surface area (Å²) < 4.78 is 0. The molecule has 1 atom stereocenters. The van der Waals surface area contributed by atoms with Gasteiger partial charge >= 0.3 is 0 Å². The fourth-order valence-corrected chi connectivity index (χ4v) is 2.25. The molecule has 0 fully saturated rings. The lowest BCUT2D eigenvalue weighted by molar-refractivity contribution is 0.604. The Balaban J connectivity index is 2.62. The van der Waals surface area contributed by atoms with Gasteiger partial charge in [0.25, 0.3) is 0 Å². The second-order valence-electron chi connectivity index (χ2n) is 3.83. The summed E-state index contributed by atoms with van der Waals surface area (Å²) in [4.78, 5) is 0. The lowest BCUT2D eigenvalue weighted by atomic mass is 10.5. The van der Waals surface area contributed by atoms with Crippen LogP contribution >= 0.6 is 11.6 Å². The van der Waals surface area contributed by atoms with Crippen LogP contribution in [-0.2, 0) is 0 Å². The van der Waals surface area contributed by atoms with E-state index in [1.807, 2.05) is 0 Å². The number of hydrogen-bond acceptors (Lipinski definition) is 2. The third-order valence-corrected chi connectivity index (χ3v) is 4.37. The molecule has 0 amide bonds. The molecule has 0 radical (unpaired) electrons. The van der Waals surface area contributed by atoms with E-state index in [0.717, 1.165) is 6.54 Å². The molecule has 11 heavy (non-hydrogen) atoms. The first-order valence-corrected chi connectivity index (χ1v) is 7.77. The number of hydrogen-bond donors (Lipinski definition) is 2. The van der Waals surface area contributed by atoms with Crippen molar-refractivity contribution in [3.63, 3.8) is 0 Å². The number of nitrogens with one attached hydrogen (secondary N) is 2. The van der Waals surface area contributed by atoms with E-state index < -0.39 is 8.07 Å². The highest BCUT2D eigenvalue weighted by Gasteiger charge is 2.22. The van der Waals surface area contributed by atoms with Crippen LogP contribution in [0, 0.1) is 0 Å². The maximum absolute atomic E-state index is 5.78. The van der Waals surface area contributed by atoms with Crippen molar-refractivity contribution >= 4 is 19.7 Å². The summed E-state index contributed by atoms with van der Waals surface area (Å²) >= 11 is 5.78. The molecule has 1 heterocycles. The highest BCUT2D eigenvalue weighted by Crippen LogP contribution is 2.14. The molecule has 0 spiro atoms. The summed E-state index contributed by atoms with van der Waals surface area (Å²) in [6.07, 6.45) is 2.07. The van der Waals surface area contributed by atoms with E-state index in [4.69, 9.17) is 11.6 Å². The third kappa shape index (κ3) is 2.50. The van der Waals surface area contributed by atoms with E-state index in [2.05, 4.69) is 36.5 Å². The van der Waals surface area contributed by atoms with Crippen LogP contribution in [0.5, 0.6) is 0 Å². The Bertz CT molecular complexity index is 174. The van der Waals surface area contributed by atoms with Crippen molar-refractivity contribution in [1.82, 2.24) is 10.6 Å². The highest BCUT2D eigenvalue weighted by molar-refractivity contribution is 6.83. The molecular weight excluding hydrogens is 176 g/mol. The van der Waals surface area contributed by atoms with Gasteiger partial charge in [0.1, 0.15) is 0 Å². The van der Waals surface area contributed by atoms with Crippen molar-refractivity contribution in [2.45, 2.75) is 25.3 Å². The van der Waals surface area contributed by atoms with Gasteiger partial charge in [-0.05, 0) is 6.20 Å². The van der Waals surface area contributed by atoms with E-state index >= 15 is 0 Å². The van der Waals surface area contributed by atoms with Gasteiger partial charge in [0, 0.05) is 6.54 Å². The maximum atomic E-state index is 5.78. The first-order valence-electron chi connectivity index (χ1n) is 3.83. The minimum atomic E-state index is -1.11. The van der Waals surface area contributed by atoms with E-state index in [-0.39, 0.29) is 5.62 Å². The molecule has 0 aliphatic carbocycles. The topological polar surface area (TPSA) is 24.1 Å². The predicted molar refractivity (Wildman–Crippen MR) is 52.2 cm³/mol. The summed E-state index contributed by atoms with van der Waals surface area (Å²) in [5.41, 5.74) is -0.0879. The smallest absolute Gasteiger partial charge is 0.155 e. The van der Waals surface area contributed by atoms with E-state index in [1.165, 1.54) is 5.20 Å². The molecule has 0 aromatic heterocycles. The van der Waals surface area contributed by atoms with Gasteiger partial charge in [-0.15, -0.1) is 0 Å². The van der Waals surface area contributed by atoms with Crippen LogP contribution in [0.15, 0.2) is 11.4 Å². The predicted octanol–water partition coefficient (Wildman–Crippen LogP) is 1.46. The number of rotatable bonds is 1. The largest absolute Gasteiger partial charge is 0.364 e. The Hall–Kier alpha value is 0.00688. The van der Waals surface area contributed by atoms with Gasteiger partial charge in [-0.3, -0.25) is 5.32 Å². The van der Waals surface area contributed by atoms with Crippen LogP contribution in [0.4, 0.5) is 0 Å². The van der Waals surface area contributed by atoms with Crippen LogP contribution in [0.1, 0.15) is 0 Å². The minimum absolute atomic E-state index is 0.0879. The van der Waals surface area contributed by atoms with Gasteiger partial charge in [-0.1, -0.05) is 36.4 Å². The van der Waals surface area contributed by atoms with E-state index in [9.17, 15) is 0 Å². The molecule has 0 aromatic rings. The lowest BCUT2D eigenvalue weighted by Gasteiger charge is -2.27. The SMILES string of the molecule is C[Si](C)(C)C1=CNC(Cl)NC1. The van der Waals surface area contributed by atoms with Crippen molar-refractivity contribution in [2.24, 2.45) is 0 Å². The molecule has 2 N–H and O–H groups in total. The zero-order chi connectivity index (χ0) is 8.48. The van der Waals surface area contributed by atoms with Gasteiger partial charge in [0.2, 0.25) is 0 Å². The van der Waals surface area contributed by atoms with Crippen LogP contribution in [0.25, 0.3) is 0 Å². The molecule has 1 unspecified atom stereocenters. The van der Waals surface area contributed by atoms with Crippen molar-refractivity contribution < 1.29 is 0 Å². The molecular formula is C7H15ClN2Si. The maximum Gasteiger partial charge on any atom is 0.155 e. The zero-order valence-corrected chi connectivity index (χ0v) is 9.00. The van der Waals surface area contributed by atoms with Crippen LogP contribution in [0.2, 0.25) is 19.6 Å². The Morgan fingerprint density at radius 2 is 2.18 bits per heavy atom. The second-order valence-corrected chi connectivity index (χ2v) is 9.41. The summed E-state index contributed by atoms with van der Waals surface area (Å²) in [5.74, 6) is 0. The molecule has 1 aliphatic rings. The quantitative estimate of drug-likeness (QED) is 0.372. The zero-order valence-electron chi connectivity index (χ0n) is 7.24. The molecule has 64 valence electrons. The second kappa shape index (κ2) is 3.17. The van der Waals surface area contributed by atoms with E-state index in [1.54, 1.807) is 0 Å². The molecule has 1 rings (SSSR count). The third-order valence-electron chi connectivity index (χ3n) is 1.84. The fourth-order valence-electron chi connectivity index (χ4n) is 0.965. The van der Waals surface area contributed by atoms with Gasteiger partial charge in [0.15, 0.2) is 5.62 Å². The van der Waals surface area contributed by atoms with Gasteiger partial charge < -0.3 is 5.32 Å². The summed E-state index contributed by atoms with van der Waals surface area (Å²) in [6, 6.07) is 0. The number of alkyl halides is 1. The molecule has 0 saturated heterocycles. The molecule has 0 bridgehead atoms. The van der Waals surface area contributed by atoms with Crippen molar-refractivity contribution in [3.8, 4) is 0 Å². The Morgan fingerprint density at radius 3 is 2.55 bits per heavy atom. The molecule has 0 aromatic carbocycles. The minimum Gasteiger partial charge on any atom is -0.364 e.